The first kappa shape index (κ1) is 34.7. The van der Waals surface area contributed by atoms with E-state index in [9.17, 15) is 9.90 Å². The van der Waals surface area contributed by atoms with Gasteiger partial charge in [-0.05, 0) is 47.5 Å². The summed E-state index contributed by atoms with van der Waals surface area (Å²) in [4.78, 5) is 12.4. The van der Waals surface area contributed by atoms with Crippen molar-refractivity contribution in [2.75, 3.05) is 6.61 Å². The molecule has 0 spiro atoms. The molecule has 0 aromatic heterocycles. The molecule has 3 unspecified atom stereocenters. The van der Waals surface area contributed by atoms with Gasteiger partial charge in [-0.1, -0.05) is 149 Å². The van der Waals surface area contributed by atoms with Crippen LogP contribution in [0.25, 0.3) is 0 Å². The third kappa shape index (κ3) is 15.9. The smallest absolute Gasteiger partial charge is 0.308 e. The second kappa shape index (κ2) is 18.9. The van der Waals surface area contributed by atoms with Crippen LogP contribution in [0.5, 0.6) is 0 Å². The highest BCUT2D eigenvalue weighted by Gasteiger charge is 2.32. The largest absolute Gasteiger partial charge is 0.466 e. The van der Waals surface area contributed by atoms with Crippen LogP contribution in [0.4, 0.5) is 0 Å². The Hall–Kier alpha value is -1.35. The van der Waals surface area contributed by atoms with Crippen LogP contribution in [0.3, 0.4) is 0 Å². The van der Waals surface area contributed by atoms with Crippen molar-refractivity contribution in [3.8, 4) is 0 Å². The highest BCUT2D eigenvalue weighted by atomic mass is 16.5. The maximum Gasteiger partial charge on any atom is 0.308 e. The van der Waals surface area contributed by atoms with Gasteiger partial charge in [0.15, 0.2) is 0 Å². The second-order valence-corrected chi connectivity index (χ2v) is 13.8. The molecular formula is C35H62O3. The van der Waals surface area contributed by atoms with E-state index < -0.39 is 6.10 Å². The molecule has 0 saturated carbocycles. The van der Waals surface area contributed by atoms with Gasteiger partial charge in [-0.15, -0.1) is 0 Å². The van der Waals surface area contributed by atoms with Crippen LogP contribution in [0.15, 0.2) is 30.3 Å². The number of aliphatic hydroxyl groups excluding tert-OH is 1. The van der Waals surface area contributed by atoms with E-state index in [1.54, 1.807) is 0 Å². The van der Waals surface area contributed by atoms with E-state index in [1.807, 2.05) is 30.3 Å². The maximum atomic E-state index is 12.4. The van der Waals surface area contributed by atoms with E-state index in [0.717, 1.165) is 12.0 Å². The summed E-state index contributed by atoms with van der Waals surface area (Å²) >= 11 is 0. The van der Waals surface area contributed by atoms with Crippen LogP contribution in [-0.4, -0.2) is 17.7 Å². The van der Waals surface area contributed by atoms with Crippen molar-refractivity contribution in [2.24, 2.45) is 22.7 Å². The van der Waals surface area contributed by atoms with Crippen molar-refractivity contribution in [2.45, 2.75) is 151 Å². The first-order valence-corrected chi connectivity index (χ1v) is 15.8. The molecular weight excluding hydrogens is 468 g/mol. The SMILES string of the molecule is CCCCCCCCCCCCCC(CC(CCOC(=O)CC(O)c1ccccc1)C(C)(C)C)C(C)(C)C. The van der Waals surface area contributed by atoms with Gasteiger partial charge in [0, 0.05) is 0 Å². The molecule has 1 aromatic rings. The Balaban J connectivity index is 2.43. The Morgan fingerprint density at radius 1 is 0.737 bits per heavy atom. The Labute approximate surface area is 236 Å². The lowest BCUT2D eigenvalue weighted by Gasteiger charge is -2.39. The van der Waals surface area contributed by atoms with Crippen molar-refractivity contribution < 1.29 is 14.6 Å². The summed E-state index contributed by atoms with van der Waals surface area (Å²) in [6.07, 6.45) is 17.8. The van der Waals surface area contributed by atoms with Crippen molar-refractivity contribution >= 4 is 5.97 Å². The molecule has 0 fully saturated rings. The number of ether oxygens (including phenoxy) is 1. The number of esters is 1. The van der Waals surface area contributed by atoms with E-state index in [2.05, 4.69) is 48.5 Å². The first-order chi connectivity index (χ1) is 17.9. The van der Waals surface area contributed by atoms with Gasteiger partial charge in [-0.25, -0.2) is 0 Å². The quantitative estimate of drug-likeness (QED) is 0.135. The van der Waals surface area contributed by atoms with Crippen LogP contribution in [-0.2, 0) is 9.53 Å². The van der Waals surface area contributed by atoms with Crippen LogP contribution in [0.1, 0.15) is 156 Å². The van der Waals surface area contributed by atoms with Gasteiger partial charge in [0.1, 0.15) is 0 Å². The highest BCUT2D eigenvalue weighted by Crippen LogP contribution is 2.41. The molecule has 0 aliphatic heterocycles. The number of hydrogen-bond acceptors (Lipinski definition) is 3. The van der Waals surface area contributed by atoms with E-state index in [0.29, 0.717) is 18.4 Å². The van der Waals surface area contributed by atoms with Gasteiger partial charge in [-0.2, -0.15) is 0 Å². The zero-order valence-corrected chi connectivity index (χ0v) is 26.2. The minimum atomic E-state index is -0.807. The van der Waals surface area contributed by atoms with Gasteiger partial charge < -0.3 is 9.84 Å². The number of benzene rings is 1. The molecule has 3 nitrogen and oxygen atoms in total. The molecule has 0 aliphatic carbocycles. The lowest BCUT2D eigenvalue weighted by atomic mass is 9.67. The van der Waals surface area contributed by atoms with E-state index in [4.69, 9.17) is 4.74 Å². The standard InChI is InChI=1S/C35H62O3/c1-8-9-10-11-12-13-14-15-16-17-21-24-30(34(2,3)4)27-31(35(5,6)7)25-26-38-33(37)28-32(36)29-22-19-18-20-23-29/h18-20,22-23,30-32,36H,8-17,21,24-28H2,1-7H3. The third-order valence-electron chi connectivity index (χ3n) is 8.45. The predicted octanol–water partition coefficient (Wildman–Crippen LogP) is 10.5. The van der Waals surface area contributed by atoms with Gasteiger partial charge in [0.2, 0.25) is 0 Å². The van der Waals surface area contributed by atoms with E-state index >= 15 is 0 Å². The summed E-state index contributed by atoms with van der Waals surface area (Å²) in [7, 11) is 0. The summed E-state index contributed by atoms with van der Waals surface area (Å²) in [5.74, 6) is 0.842. The van der Waals surface area contributed by atoms with Gasteiger partial charge in [-0.3, -0.25) is 4.79 Å². The maximum absolute atomic E-state index is 12.4. The molecule has 3 heteroatoms. The Bertz CT molecular complexity index is 713. The van der Waals surface area contributed by atoms with Gasteiger partial charge in [0.25, 0.3) is 0 Å². The van der Waals surface area contributed by atoms with Crippen molar-refractivity contribution in [3.05, 3.63) is 35.9 Å². The molecule has 0 bridgehead atoms. The van der Waals surface area contributed by atoms with Crippen molar-refractivity contribution in [1.29, 1.82) is 0 Å². The second-order valence-electron chi connectivity index (χ2n) is 13.8. The molecule has 0 saturated heterocycles. The summed E-state index contributed by atoms with van der Waals surface area (Å²) < 4.78 is 5.60. The molecule has 3 atom stereocenters. The minimum absolute atomic E-state index is 0.00761. The normalized spacial score (nSPS) is 14.7. The number of aliphatic hydroxyl groups is 1. The summed E-state index contributed by atoms with van der Waals surface area (Å²) in [5, 5.41) is 10.3. The lowest BCUT2D eigenvalue weighted by Crippen LogP contribution is -2.30. The molecule has 220 valence electrons. The van der Waals surface area contributed by atoms with E-state index in [1.165, 1.54) is 83.5 Å². The minimum Gasteiger partial charge on any atom is -0.466 e. The van der Waals surface area contributed by atoms with Gasteiger partial charge >= 0.3 is 5.97 Å². The predicted molar refractivity (Wildman–Crippen MR) is 163 cm³/mol. The molecule has 0 aliphatic rings. The number of rotatable bonds is 20. The zero-order valence-electron chi connectivity index (χ0n) is 26.2. The number of carbonyl (C=O) groups is 1. The average molecular weight is 531 g/mol. The number of hydrogen-bond donors (Lipinski definition) is 1. The fourth-order valence-corrected chi connectivity index (χ4v) is 5.53. The fraction of sp³-hybridized carbons (Fsp3) is 0.800. The molecule has 0 radical (unpaired) electrons. The summed E-state index contributed by atoms with van der Waals surface area (Å²) in [6, 6.07) is 9.34. The van der Waals surface area contributed by atoms with Crippen LogP contribution in [0, 0.1) is 22.7 Å². The summed E-state index contributed by atoms with van der Waals surface area (Å²) in [6.45, 7) is 16.8. The number of carbonyl (C=O) groups excluding carboxylic acids is 1. The Kier molecular flexibility index (Phi) is 17.2. The molecule has 0 amide bonds. The fourth-order valence-electron chi connectivity index (χ4n) is 5.53. The lowest BCUT2D eigenvalue weighted by molar-refractivity contribution is -0.146. The molecule has 1 N–H and O–H groups in total. The third-order valence-corrected chi connectivity index (χ3v) is 8.45. The first-order valence-electron chi connectivity index (χ1n) is 15.8. The molecule has 0 heterocycles. The molecule has 1 aromatic carbocycles. The number of unbranched alkanes of at least 4 members (excludes halogenated alkanes) is 10. The Morgan fingerprint density at radius 2 is 1.21 bits per heavy atom. The van der Waals surface area contributed by atoms with Crippen molar-refractivity contribution in [1.82, 2.24) is 0 Å². The van der Waals surface area contributed by atoms with Crippen LogP contribution in [0.2, 0.25) is 0 Å². The van der Waals surface area contributed by atoms with Crippen LogP contribution < -0.4 is 0 Å². The molecule has 38 heavy (non-hydrogen) atoms. The average Bonchev–Trinajstić information content (AvgIpc) is 2.84. The highest BCUT2D eigenvalue weighted by molar-refractivity contribution is 5.70. The zero-order chi connectivity index (χ0) is 28.4. The monoisotopic (exact) mass is 530 g/mol. The summed E-state index contributed by atoms with van der Waals surface area (Å²) in [5.41, 5.74) is 1.20. The van der Waals surface area contributed by atoms with Gasteiger partial charge in [0.05, 0.1) is 19.1 Å². The van der Waals surface area contributed by atoms with Crippen molar-refractivity contribution in [3.63, 3.8) is 0 Å². The van der Waals surface area contributed by atoms with E-state index in [-0.39, 0.29) is 23.2 Å². The molecule has 1 rings (SSSR count). The van der Waals surface area contributed by atoms with Crippen LogP contribution >= 0.6 is 0 Å². The topological polar surface area (TPSA) is 46.5 Å². The Morgan fingerprint density at radius 3 is 1.71 bits per heavy atom.